The highest BCUT2D eigenvalue weighted by Gasteiger charge is 2.06. The maximum Gasteiger partial charge on any atom is 0.303 e. The normalized spacial score (nSPS) is 12.1. The van der Waals surface area contributed by atoms with E-state index >= 15 is 0 Å². The van der Waals surface area contributed by atoms with Gasteiger partial charge in [-0.3, -0.25) is 9.59 Å². The highest BCUT2D eigenvalue weighted by atomic mass is 16.4. The van der Waals surface area contributed by atoms with Gasteiger partial charge < -0.3 is 16.2 Å². The first-order valence-electron chi connectivity index (χ1n) is 5.80. The van der Waals surface area contributed by atoms with Crippen LogP contribution in [0.15, 0.2) is 0 Å². The Balaban J connectivity index is 3.31. The largest absolute Gasteiger partial charge is 0.481 e. The van der Waals surface area contributed by atoms with Crippen molar-refractivity contribution in [3.05, 3.63) is 0 Å². The van der Waals surface area contributed by atoms with Gasteiger partial charge in [0.15, 0.2) is 0 Å². The van der Waals surface area contributed by atoms with Crippen LogP contribution < -0.4 is 11.1 Å². The summed E-state index contributed by atoms with van der Waals surface area (Å²) in [6, 6.07) is -0.0630. The Morgan fingerprint density at radius 3 is 2.56 bits per heavy atom. The summed E-state index contributed by atoms with van der Waals surface area (Å²) in [6.45, 7) is 2.55. The van der Waals surface area contributed by atoms with Gasteiger partial charge in [-0.05, 0) is 19.3 Å². The van der Waals surface area contributed by atoms with Crippen molar-refractivity contribution in [3.63, 3.8) is 0 Å². The summed E-state index contributed by atoms with van der Waals surface area (Å²) < 4.78 is 0. The lowest BCUT2D eigenvalue weighted by molar-refractivity contribution is -0.137. The third-order valence-corrected chi connectivity index (χ3v) is 2.36. The molecule has 0 aromatic carbocycles. The lowest BCUT2D eigenvalue weighted by Gasteiger charge is -2.08. The molecule has 0 rings (SSSR count). The maximum atomic E-state index is 11.3. The number of hydrogen-bond donors (Lipinski definition) is 3. The number of amides is 1. The van der Waals surface area contributed by atoms with Crippen LogP contribution in [-0.4, -0.2) is 29.6 Å². The zero-order valence-electron chi connectivity index (χ0n) is 9.87. The fourth-order valence-corrected chi connectivity index (χ4v) is 1.26. The van der Waals surface area contributed by atoms with Gasteiger partial charge in [-0.15, -0.1) is 0 Å². The van der Waals surface area contributed by atoms with Crippen LogP contribution in [-0.2, 0) is 9.59 Å². The molecule has 16 heavy (non-hydrogen) atoms. The van der Waals surface area contributed by atoms with Gasteiger partial charge >= 0.3 is 5.97 Å². The number of carboxylic acid groups (broad SMARTS) is 1. The summed E-state index contributed by atoms with van der Waals surface area (Å²) in [5.41, 5.74) is 5.63. The minimum Gasteiger partial charge on any atom is -0.481 e. The zero-order chi connectivity index (χ0) is 12.4. The van der Waals surface area contributed by atoms with E-state index in [1.54, 1.807) is 0 Å². The Morgan fingerprint density at radius 2 is 2.00 bits per heavy atom. The van der Waals surface area contributed by atoms with E-state index in [0.717, 1.165) is 19.3 Å². The van der Waals surface area contributed by atoms with Gasteiger partial charge in [0.2, 0.25) is 5.91 Å². The van der Waals surface area contributed by atoms with Gasteiger partial charge in [0.25, 0.3) is 0 Å². The maximum absolute atomic E-state index is 11.3. The summed E-state index contributed by atoms with van der Waals surface area (Å²) in [5.74, 6) is -0.787. The first-order valence-corrected chi connectivity index (χ1v) is 5.80. The van der Waals surface area contributed by atoms with Crippen LogP contribution in [0.1, 0.15) is 45.4 Å². The summed E-state index contributed by atoms with van der Waals surface area (Å²) in [5, 5.41) is 11.2. The highest BCUT2D eigenvalue weighted by Crippen LogP contribution is 1.99. The van der Waals surface area contributed by atoms with Crippen LogP contribution in [0.5, 0.6) is 0 Å². The number of nitrogens with one attached hydrogen (secondary N) is 1. The molecule has 0 aliphatic heterocycles. The van der Waals surface area contributed by atoms with E-state index in [1.165, 1.54) is 0 Å². The van der Waals surface area contributed by atoms with Crippen molar-refractivity contribution in [2.75, 3.05) is 6.54 Å². The smallest absolute Gasteiger partial charge is 0.303 e. The van der Waals surface area contributed by atoms with Crippen molar-refractivity contribution in [2.45, 2.75) is 51.5 Å². The van der Waals surface area contributed by atoms with Crippen LogP contribution in [0, 0.1) is 0 Å². The summed E-state index contributed by atoms with van der Waals surface area (Å²) >= 11 is 0. The second-order valence-electron chi connectivity index (χ2n) is 3.93. The number of nitrogens with two attached hydrogens (primary N) is 1. The van der Waals surface area contributed by atoms with Crippen molar-refractivity contribution in [1.29, 1.82) is 0 Å². The number of carbonyl (C=O) groups is 2. The average Bonchev–Trinajstić information content (AvgIpc) is 2.22. The number of hydrogen-bond acceptors (Lipinski definition) is 3. The van der Waals surface area contributed by atoms with Crippen LogP contribution in [0.2, 0.25) is 0 Å². The van der Waals surface area contributed by atoms with Gasteiger partial charge in [-0.25, -0.2) is 0 Å². The van der Waals surface area contributed by atoms with Gasteiger partial charge in [-0.1, -0.05) is 13.3 Å². The van der Waals surface area contributed by atoms with Crippen LogP contribution in [0.3, 0.4) is 0 Å². The predicted molar refractivity (Wildman–Crippen MR) is 62.0 cm³/mol. The molecule has 0 heterocycles. The van der Waals surface area contributed by atoms with Gasteiger partial charge in [0, 0.05) is 25.4 Å². The lowest BCUT2D eigenvalue weighted by Crippen LogP contribution is -2.31. The lowest BCUT2D eigenvalue weighted by atomic mass is 10.1. The van der Waals surface area contributed by atoms with Crippen molar-refractivity contribution in [2.24, 2.45) is 5.73 Å². The van der Waals surface area contributed by atoms with Gasteiger partial charge in [-0.2, -0.15) is 0 Å². The average molecular weight is 230 g/mol. The number of rotatable bonds is 9. The topological polar surface area (TPSA) is 92.4 Å². The molecule has 0 fully saturated rings. The van der Waals surface area contributed by atoms with Crippen LogP contribution in [0.4, 0.5) is 0 Å². The van der Waals surface area contributed by atoms with E-state index in [4.69, 9.17) is 10.8 Å². The molecule has 5 heteroatoms. The van der Waals surface area contributed by atoms with E-state index in [9.17, 15) is 9.59 Å². The molecular weight excluding hydrogens is 208 g/mol. The minimum absolute atomic E-state index is 0.0208. The Hall–Kier alpha value is -1.10. The molecule has 4 N–H and O–H groups in total. The molecule has 0 aliphatic carbocycles. The Kier molecular flexibility index (Phi) is 8.52. The van der Waals surface area contributed by atoms with Crippen molar-refractivity contribution >= 4 is 11.9 Å². The molecule has 0 radical (unpaired) electrons. The molecule has 0 bridgehead atoms. The molecule has 0 saturated heterocycles. The SMILES string of the molecule is CCC(N)CC(=O)NCCCCCC(=O)O. The third kappa shape index (κ3) is 9.45. The van der Waals surface area contributed by atoms with E-state index < -0.39 is 5.97 Å². The second kappa shape index (κ2) is 9.15. The van der Waals surface area contributed by atoms with Gasteiger partial charge in [0.1, 0.15) is 0 Å². The Morgan fingerprint density at radius 1 is 1.31 bits per heavy atom. The molecule has 5 nitrogen and oxygen atoms in total. The minimum atomic E-state index is -0.766. The number of carboxylic acids is 1. The fourth-order valence-electron chi connectivity index (χ4n) is 1.26. The number of aliphatic carboxylic acids is 1. The molecular formula is C11H22N2O3. The molecule has 1 amide bonds. The van der Waals surface area contributed by atoms with Crippen molar-refractivity contribution in [1.82, 2.24) is 5.32 Å². The zero-order valence-corrected chi connectivity index (χ0v) is 9.87. The molecule has 1 atom stereocenters. The molecule has 0 aliphatic rings. The predicted octanol–water partition coefficient (Wildman–Crippen LogP) is 0.875. The molecule has 94 valence electrons. The first-order chi connectivity index (χ1) is 7.56. The number of carbonyl (C=O) groups excluding carboxylic acids is 1. The van der Waals surface area contributed by atoms with Crippen LogP contribution in [0.25, 0.3) is 0 Å². The molecule has 1 unspecified atom stereocenters. The van der Waals surface area contributed by atoms with Gasteiger partial charge in [0.05, 0.1) is 0 Å². The molecule has 0 saturated carbocycles. The monoisotopic (exact) mass is 230 g/mol. The summed E-state index contributed by atoms with van der Waals surface area (Å²) in [4.78, 5) is 21.5. The Labute approximate surface area is 96.4 Å². The molecule has 0 spiro atoms. The molecule has 0 aromatic heterocycles. The third-order valence-electron chi connectivity index (χ3n) is 2.36. The summed E-state index contributed by atoms with van der Waals surface area (Å²) in [7, 11) is 0. The Bertz CT molecular complexity index is 219. The standard InChI is InChI=1S/C11H22N2O3/c1-2-9(12)8-10(14)13-7-5-3-4-6-11(15)16/h9H,2-8,12H2,1H3,(H,13,14)(H,15,16). The van der Waals surface area contributed by atoms with Crippen molar-refractivity contribution in [3.8, 4) is 0 Å². The van der Waals surface area contributed by atoms with E-state index in [2.05, 4.69) is 5.32 Å². The fraction of sp³-hybridized carbons (Fsp3) is 0.818. The summed E-state index contributed by atoms with van der Waals surface area (Å²) in [6.07, 6.45) is 3.68. The first kappa shape index (κ1) is 14.9. The second-order valence-corrected chi connectivity index (χ2v) is 3.93. The van der Waals surface area contributed by atoms with E-state index in [1.807, 2.05) is 6.92 Å². The van der Waals surface area contributed by atoms with E-state index in [-0.39, 0.29) is 18.4 Å². The molecule has 0 aromatic rings. The van der Waals surface area contributed by atoms with Crippen molar-refractivity contribution < 1.29 is 14.7 Å². The van der Waals surface area contributed by atoms with Crippen LogP contribution >= 0.6 is 0 Å². The quantitative estimate of drug-likeness (QED) is 0.512. The number of unbranched alkanes of at least 4 members (excludes halogenated alkanes) is 2. The highest BCUT2D eigenvalue weighted by molar-refractivity contribution is 5.76. The van der Waals surface area contributed by atoms with E-state index in [0.29, 0.717) is 19.4 Å².